The maximum absolute atomic E-state index is 11.8. The number of carboxylic acid groups (broad SMARTS) is 1. The molecule has 2 aromatic carbocycles. The fourth-order valence-corrected chi connectivity index (χ4v) is 2.87. The molecule has 0 saturated heterocycles. The van der Waals surface area contributed by atoms with E-state index in [2.05, 4.69) is 0 Å². The van der Waals surface area contributed by atoms with E-state index in [-0.39, 0.29) is 36.4 Å². The number of aryl methyl sites for hydroxylation is 1. The van der Waals surface area contributed by atoms with Crippen LogP contribution in [0.25, 0.3) is 0 Å². The number of carbonyl (C=O) groups is 2. The van der Waals surface area contributed by atoms with Crippen molar-refractivity contribution in [1.29, 1.82) is 0 Å². The second-order valence-corrected chi connectivity index (χ2v) is 6.01. The standard InChI is InChI=1S/C20H20O7.Na.H/c1-3-4-12-9-14(20(23)24-2)6-7-15(12)27-18(19(21)22)13-5-8-16-17(10-13)26-11-25-16;;/h5-10,18H,3-4,11H2,1-2H3,(H,21,22);;. The molecule has 0 fully saturated rings. The van der Waals surface area contributed by atoms with Gasteiger partial charge in [-0.05, 0) is 42.3 Å². The number of benzene rings is 2. The quantitative estimate of drug-likeness (QED) is 0.568. The molecule has 0 spiro atoms. The summed E-state index contributed by atoms with van der Waals surface area (Å²) in [5.41, 5.74) is 1.57. The van der Waals surface area contributed by atoms with E-state index in [4.69, 9.17) is 18.9 Å². The van der Waals surface area contributed by atoms with E-state index in [9.17, 15) is 14.7 Å². The van der Waals surface area contributed by atoms with Gasteiger partial charge in [-0.1, -0.05) is 19.4 Å². The Bertz CT molecular complexity index is 866. The summed E-state index contributed by atoms with van der Waals surface area (Å²) in [6, 6.07) is 9.71. The average molecular weight is 396 g/mol. The monoisotopic (exact) mass is 396 g/mol. The first kappa shape index (κ1) is 22.1. The fourth-order valence-electron chi connectivity index (χ4n) is 2.87. The van der Waals surface area contributed by atoms with Crippen molar-refractivity contribution >= 4 is 41.5 Å². The van der Waals surface area contributed by atoms with Crippen molar-refractivity contribution in [3.8, 4) is 17.2 Å². The summed E-state index contributed by atoms with van der Waals surface area (Å²) in [5.74, 6) is -0.124. The minimum atomic E-state index is -1.22. The molecule has 1 aliphatic rings. The molecular weight excluding hydrogens is 375 g/mol. The molecule has 1 unspecified atom stereocenters. The summed E-state index contributed by atoms with van der Waals surface area (Å²) in [4.78, 5) is 23.6. The maximum atomic E-state index is 11.8. The molecule has 1 N–H and O–H groups in total. The van der Waals surface area contributed by atoms with Gasteiger partial charge in [0.2, 0.25) is 12.9 Å². The Balaban J connectivity index is 0.00000280. The summed E-state index contributed by atoms with van der Waals surface area (Å²) < 4.78 is 21.1. The molecule has 7 nitrogen and oxygen atoms in total. The second-order valence-electron chi connectivity index (χ2n) is 6.01. The summed E-state index contributed by atoms with van der Waals surface area (Å²) in [5, 5.41) is 9.67. The van der Waals surface area contributed by atoms with Gasteiger partial charge in [0.05, 0.1) is 12.7 Å². The predicted molar refractivity (Wildman–Crippen MR) is 102 cm³/mol. The van der Waals surface area contributed by atoms with Crippen molar-refractivity contribution in [3.63, 3.8) is 0 Å². The zero-order valence-electron chi connectivity index (χ0n) is 15.1. The molecule has 2 aromatic rings. The van der Waals surface area contributed by atoms with Crippen LogP contribution < -0.4 is 14.2 Å². The van der Waals surface area contributed by atoms with Crippen LogP contribution in [-0.4, -0.2) is 60.5 Å². The summed E-state index contributed by atoms with van der Waals surface area (Å²) in [6.07, 6.45) is 0.218. The van der Waals surface area contributed by atoms with E-state index in [1.807, 2.05) is 6.92 Å². The molecule has 144 valence electrons. The molecule has 0 aromatic heterocycles. The number of carbonyl (C=O) groups excluding carboxylic acids is 1. The molecular formula is C20H21NaO7. The van der Waals surface area contributed by atoms with Crippen molar-refractivity contribution < 1.29 is 33.6 Å². The van der Waals surface area contributed by atoms with E-state index in [0.29, 0.717) is 34.8 Å². The zero-order chi connectivity index (χ0) is 19.4. The minimum absolute atomic E-state index is 0. The normalized spacial score (nSPS) is 12.6. The van der Waals surface area contributed by atoms with E-state index in [1.54, 1.807) is 36.4 Å². The Morgan fingerprint density at radius 2 is 1.89 bits per heavy atom. The molecule has 28 heavy (non-hydrogen) atoms. The first-order valence-corrected chi connectivity index (χ1v) is 8.53. The molecule has 0 amide bonds. The van der Waals surface area contributed by atoms with Crippen LogP contribution in [0.5, 0.6) is 17.2 Å². The molecule has 1 aliphatic heterocycles. The van der Waals surface area contributed by atoms with Crippen molar-refractivity contribution in [3.05, 3.63) is 53.1 Å². The summed E-state index contributed by atoms with van der Waals surface area (Å²) in [7, 11) is 1.31. The molecule has 1 heterocycles. The van der Waals surface area contributed by atoms with Crippen LogP contribution in [0.3, 0.4) is 0 Å². The third-order valence-electron chi connectivity index (χ3n) is 4.17. The number of carboxylic acids is 1. The molecule has 0 saturated carbocycles. The number of rotatable bonds is 7. The van der Waals surface area contributed by atoms with Gasteiger partial charge >= 0.3 is 41.5 Å². The molecule has 3 rings (SSSR count). The molecule has 8 heteroatoms. The Hall–Kier alpha value is -2.22. The zero-order valence-corrected chi connectivity index (χ0v) is 15.1. The Morgan fingerprint density at radius 3 is 2.57 bits per heavy atom. The van der Waals surface area contributed by atoms with Gasteiger partial charge in [-0.3, -0.25) is 0 Å². The van der Waals surface area contributed by atoms with Crippen LogP contribution in [0.2, 0.25) is 0 Å². The Labute approximate surface area is 184 Å². The predicted octanol–water partition coefficient (Wildman–Crippen LogP) is 2.71. The Morgan fingerprint density at radius 1 is 1.14 bits per heavy atom. The first-order chi connectivity index (χ1) is 13.0. The van der Waals surface area contributed by atoms with Crippen LogP contribution in [0.4, 0.5) is 0 Å². The molecule has 0 radical (unpaired) electrons. The van der Waals surface area contributed by atoms with Gasteiger partial charge in [0.1, 0.15) is 5.75 Å². The number of esters is 1. The number of methoxy groups -OCH3 is 1. The first-order valence-electron chi connectivity index (χ1n) is 8.53. The molecule has 0 bridgehead atoms. The van der Waals surface area contributed by atoms with E-state index in [0.717, 1.165) is 12.0 Å². The van der Waals surface area contributed by atoms with Crippen LogP contribution in [0, 0.1) is 0 Å². The van der Waals surface area contributed by atoms with Crippen LogP contribution in [0.15, 0.2) is 36.4 Å². The average Bonchev–Trinajstić information content (AvgIpc) is 3.14. The van der Waals surface area contributed by atoms with Gasteiger partial charge in [0.15, 0.2) is 11.5 Å². The van der Waals surface area contributed by atoms with Gasteiger partial charge in [-0.15, -0.1) is 0 Å². The Kier molecular flexibility index (Phi) is 7.74. The SMILES string of the molecule is CCCc1cc(C(=O)OC)ccc1OC(C(=O)O)c1ccc2c(c1)OCO2.[NaH]. The van der Waals surface area contributed by atoms with Gasteiger partial charge in [0.25, 0.3) is 0 Å². The number of hydrogen-bond donors (Lipinski definition) is 1. The van der Waals surface area contributed by atoms with Crippen LogP contribution >= 0.6 is 0 Å². The van der Waals surface area contributed by atoms with E-state index in [1.165, 1.54) is 7.11 Å². The third kappa shape index (κ3) is 4.79. The van der Waals surface area contributed by atoms with Gasteiger partial charge < -0.3 is 24.1 Å². The molecule has 0 aliphatic carbocycles. The van der Waals surface area contributed by atoms with Crippen LogP contribution in [0.1, 0.15) is 40.9 Å². The van der Waals surface area contributed by atoms with Gasteiger partial charge in [-0.2, -0.15) is 0 Å². The van der Waals surface area contributed by atoms with Crippen molar-refractivity contribution in [1.82, 2.24) is 0 Å². The second kappa shape index (κ2) is 9.82. The number of hydrogen-bond acceptors (Lipinski definition) is 6. The number of ether oxygens (including phenoxy) is 4. The topological polar surface area (TPSA) is 91.3 Å². The third-order valence-corrected chi connectivity index (χ3v) is 4.17. The van der Waals surface area contributed by atoms with Crippen LogP contribution in [-0.2, 0) is 16.0 Å². The van der Waals surface area contributed by atoms with E-state index < -0.39 is 18.0 Å². The summed E-state index contributed by atoms with van der Waals surface area (Å²) >= 11 is 0. The van der Waals surface area contributed by atoms with Gasteiger partial charge in [-0.25, -0.2) is 9.59 Å². The molecule has 1 atom stereocenters. The van der Waals surface area contributed by atoms with Crippen molar-refractivity contribution in [2.75, 3.05) is 13.9 Å². The van der Waals surface area contributed by atoms with Crippen molar-refractivity contribution in [2.45, 2.75) is 25.9 Å². The fraction of sp³-hybridized carbons (Fsp3) is 0.300. The van der Waals surface area contributed by atoms with Gasteiger partial charge in [0, 0.05) is 5.56 Å². The summed E-state index contributed by atoms with van der Waals surface area (Å²) in [6.45, 7) is 2.09. The van der Waals surface area contributed by atoms with E-state index >= 15 is 0 Å². The number of fused-ring (bicyclic) bond motifs is 1. The van der Waals surface area contributed by atoms with Crippen molar-refractivity contribution in [2.24, 2.45) is 0 Å². The number of aliphatic carboxylic acids is 1.